The second-order valence-corrected chi connectivity index (χ2v) is 9.45. The van der Waals surface area contributed by atoms with Gasteiger partial charge in [-0.3, -0.25) is 4.79 Å². The van der Waals surface area contributed by atoms with E-state index in [1.54, 1.807) is 24.3 Å². The standard InChI is InChI=1S/C32H36O8/c1-9-10-23(20-12-11-18(2)19(3)13-20)39-32-29(33)28-24(35-5)16-22(34-4)17-25(28)40-30(32)21-14-26(36-6)31(38-8)27(15-21)37-7/h11-17,23H,9-10H2,1-8H3. The number of aryl methyl sites for hydroxylation is 2. The molecule has 0 aliphatic rings. The molecule has 0 N–H and O–H groups in total. The summed E-state index contributed by atoms with van der Waals surface area (Å²) in [7, 11) is 7.62. The molecule has 4 rings (SSSR count). The highest BCUT2D eigenvalue weighted by molar-refractivity contribution is 5.89. The van der Waals surface area contributed by atoms with Crippen LogP contribution in [0.5, 0.6) is 34.5 Å². The van der Waals surface area contributed by atoms with Gasteiger partial charge in [0.05, 0.1) is 35.5 Å². The quantitative estimate of drug-likeness (QED) is 0.197. The summed E-state index contributed by atoms with van der Waals surface area (Å²) in [6.07, 6.45) is 1.14. The van der Waals surface area contributed by atoms with Crippen LogP contribution in [0.15, 0.2) is 51.7 Å². The number of ether oxygens (including phenoxy) is 6. The van der Waals surface area contributed by atoms with Gasteiger partial charge in [0, 0.05) is 17.7 Å². The second kappa shape index (κ2) is 12.2. The van der Waals surface area contributed by atoms with Crippen molar-refractivity contribution in [3.05, 3.63) is 69.4 Å². The Morgan fingerprint density at radius 1 is 0.750 bits per heavy atom. The van der Waals surface area contributed by atoms with Crippen molar-refractivity contribution in [1.82, 2.24) is 0 Å². The van der Waals surface area contributed by atoms with Gasteiger partial charge in [-0.2, -0.15) is 0 Å². The fourth-order valence-corrected chi connectivity index (χ4v) is 4.69. The van der Waals surface area contributed by atoms with E-state index in [0.717, 1.165) is 17.5 Å². The first kappa shape index (κ1) is 28.7. The van der Waals surface area contributed by atoms with Crippen molar-refractivity contribution in [2.75, 3.05) is 35.5 Å². The summed E-state index contributed by atoms with van der Waals surface area (Å²) >= 11 is 0. The number of hydrogen-bond acceptors (Lipinski definition) is 8. The van der Waals surface area contributed by atoms with Gasteiger partial charge < -0.3 is 32.8 Å². The summed E-state index contributed by atoms with van der Waals surface area (Å²) in [6, 6.07) is 12.9. The van der Waals surface area contributed by atoms with Crippen LogP contribution in [0.3, 0.4) is 0 Å². The van der Waals surface area contributed by atoms with Gasteiger partial charge in [0.15, 0.2) is 17.3 Å². The minimum absolute atomic E-state index is 0.0573. The summed E-state index contributed by atoms with van der Waals surface area (Å²) < 4.78 is 40.7. The molecule has 8 heteroatoms. The monoisotopic (exact) mass is 548 g/mol. The van der Waals surface area contributed by atoms with Crippen LogP contribution in [0.25, 0.3) is 22.3 Å². The smallest absolute Gasteiger partial charge is 0.239 e. The average molecular weight is 549 g/mol. The minimum Gasteiger partial charge on any atom is -0.496 e. The van der Waals surface area contributed by atoms with Crippen LogP contribution in [0.1, 0.15) is 42.6 Å². The Balaban J connectivity index is 2.04. The molecule has 0 saturated carbocycles. The van der Waals surface area contributed by atoms with Crippen LogP contribution in [0.4, 0.5) is 0 Å². The van der Waals surface area contributed by atoms with Crippen LogP contribution < -0.4 is 33.8 Å². The number of fused-ring (bicyclic) bond motifs is 1. The summed E-state index contributed by atoms with van der Waals surface area (Å²) in [5.74, 6) is 2.32. The van der Waals surface area contributed by atoms with E-state index >= 15 is 0 Å². The molecule has 0 aliphatic carbocycles. The van der Waals surface area contributed by atoms with Crippen LogP contribution >= 0.6 is 0 Å². The van der Waals surface area contributed by atoms with E-state index in [1.165, 1.54) is 41.1 Å². The Bertz CT molecular complexity index is 1540. The first-order valence-corrected chi connectivity index (χ1v) is 13.1. The maximum Gasteiger partial charge on any atom is 0.239 e. The third-order valence-corrected chi connectivity index (χ3v) is 6.99. The molecule has 1 unspecified atom stereocenters. The summed E-state index contributed by atoms with van der Waals surface area (Å²) in [6.45, 7) is 6.21. The van der Waals surface area contributed by atoms with Crippen molar-refractivity contribution in [3.63, 3.8) is 0 Å². The van der Waals surface area contributed by atoms with Crippen molar-refractivity contribution in [2.45, 2.75) is 39.7 Å². The van der Waals surface area contributed by atoms with Crippen molar-refractivity contribution in [2.24, 2.45) is 0 Å². The Morgan fingerprint density at radius 2 is 1.43 bits per heavy atom. The summed E-state index contributed by atoms with van der Waals surface area (Å²) in [5.41, 5.74) is 3.74. The fourth-order valence-electron chi connectivity index (χ4n) is 4.69. The molecule has 1 aromatic heterocycles. The molecule has 0 radical (unpaired) electrons. The van der Waals surface area contributed by atoms with E-state index in [4.69, 9.17) is 32.8 Å². The first-order chi connectivity index (χ1) is 19.3. The number of methoxy groups -OCH3 is 5. The van der Waals surface area contributed by atoms with Crippen molar-refractivity contribution in [1.29, 1.82) is 0 Å². The molecular weight excluding hydrogens is 512 g/mol. The predicted molar refractivity (Wildman–Crippen MR) is 155 cm³/mol. The Hall–Kier alpha value is -4.33. The first-order valence-electron chi connectivity index (χ1n) is 13.1. The molecule has 0 spiro atoms. The topological polar surface area (TPSA) is 85.6 Å². The van der Waals surface area contributed by atoms with Crippen LogP contribution in [-0.2, 0) is 0 Å². The zero-order valence-electron chi connectivity index (χ0n) is 24.3. The molecule has 8 nitrogen and oxygen atoms in total. The van der Waals surface area contributed by atoms with Gasteiger partial charge in [-0.15, -0.1) is 0 Å². The molecule has 1 atom stereocenters. The lowest BCUT2D eigenvalue weighted by atomic mass is 9.99. The van der Waals surface area contributed by atoms with Gasteiger partial charge in [-0.25, -0.2) is 0 Å². The fraction of sp³-hybridized carbons (Fsp3) is 0.344. The second-order valence-electron chi connectivity index (χ2n) is 9.45. The lowest BCUT2D eigenvalue weighted by molar-refractivity contribution is 0.189. The normalized spacial score (nSPS) is 11.7. The average Bonchev–Trinajstić information content (AvgIpc) is 2.97. The largest absolute Gasteiger partial charge is 0.496 e. The van der Waals surface area contributed by atoms with Gasteiger partial charge in [-0.05, 0) is 49.1 Å². The van der Waals surface area contributed by atoms with Gasteiger partial charge >= 0.3 is 0 Å². The lowest BCUT2D eigenvalue weighted by Gasteiger charge is -2.22. The Labute approximate surface area is 234 Å². The molecule has 0 fully saturated rings. The van der Waals surface area contributed by atoms with E-state index < -0.39 is 6.10 Å². The summed E-state index contributed by atoms with van der Waals surface area (Å²) in [4.78, 5) is 14.2. The zero-order valence-corrected chi connectivity index (χ0v) is 24.3. The van der Waals surface area contributed by atoms with Crippen LogP contribution in [0.2, 0.25) is 0 Å². The highest BCUT2D eigenvalue weighted by Crippen LogP contribution is 2.45. The minimum atomic E-state index is -0.394. The van der Waals surface area contributed by atoms with Gasteiger partial charge in [-0.1, -0.05) is 31.5 Å². The highest BCUT2D eigenvalue weighted by atomic mass is 16.5. The molecule has 0 bridgehead atoms. The van der Waals surface area contributed by atoms with E-state index in [1.807, 2.05) is 6.07 Å². The molecule has 0 amide bonds. The zero-order chi connectivity index (χ0) is 29.0. The van der Waals surface area contributed by atoms with Crippen molar-refractivity contribution >= 4 is 11.0 Å². The van der Waals surface area contributed by atoms with Gasteiger partial charge in [0.25, 0.3) is 0 Å². The molecule has 4 aromatic rings. The maximum absolute atomic E-state index is 14.2. The van der Waals surface area contributed by atoms with Crippen LogP contribution in [-0.4, -0.2) is 35.5 Å². The van der Waals surface area contributed by atoms with Gasteiger partial charge in [0.2, 0.25) is 16.9 Å². The molecule has 0 saturated heterocycles. The number of rotatable bonds is 11. The Morgan fingerprint density at radius 3 is 1.98 bits per heavy atom. The molecule has 40 heavy (non-hydrogen) atoms. The van der Waals surface area contributed by atoms with E-state index in [-0.39, 0.29) is 27.9 Å². The van der Waals surface area contributed by atoms with Crippen molar-refractivity contribution < 1.29 is 32.8 Å². The molecule has 0 aliphatic heterocycles. The molecule has 1 heterocycles. The van der Waals surface area contributed by atoms with Crippen molar-refractivity contribution in [3.8, 4) is 45.8 Å². The van der Waals surface area contributed by atoms with E-state index in [9.17, 15) is 4.79 Å². The highest BCUT2D eigenvalue weighted by Gasteiger charge is 2.26. The van der Waals surface area contributed by atoms with Crippen LogP contribution in [0, 0.1) is 13.8 Å². The molecule has 212 valence electrons. The SMILES string of the molecule is CCCC(Oc1c(-c2cc(OC)c(OC)c(OC)c2)oc2cc(OC)cc(OC)c2c1=O)c1ccc(C)c(C)c1. The lowest BCUT2D eigenvalue weighted by Crippen LogP contribution is -2.16. The summed E-state index contributed by atoms with van der Waals surface area (Å²) in [5, 5.41) is 0.254. The van der Waals surface area contributed by atoms with Gasteiger partial charge in [0.1, 0.15) is 28.6 Å². The third-order valence-electron chi connectivity index (χ3n) is 6.99. The molecule has 3 aromatic carbocycles. The maximum atomic E-state index is 14.2. The predicted octanol–water partition coefficient (Wildman–Crippen LogP) is 7.04. The molecular formula is C32H36O8. The number of hydrogen-bond donors (Lipinski definition) is 0. The Kier molecular flexibility index (Phi) is 8.77. The van der Waals surface area contributed by atoms with E-state index in [2.05, 4.69) is 32.9 Å². The van der Waals surface area contributed by atoms with E-state index in [0.29, 0.717) is 40.7 Å². The number of benzene rings is 3. The third kappa shape index (κ3) is 5.39.